The minimum atomic E-state index is 0. The van der Waals surface area contributed by atoms with Crippen LogP contribution in [0.4, 0.5) is 0 Å². The Balaban J connectivity index is 0. The maximum atomic E-state index is 8.44. The van der Waals surface area contributed by atoms with Crippen LogP contribution in [0.2, 0.25) is 0 Å². The van der Waals surface area contributed by atoms with Crippen molar-refractivity contribution in [2.24, 2.45) is 0 Å². The third-order valence-corrected chi connectivity index (χ3v) is 2.89. The fraction of sp³-hybridized carbons (Fsp3) is 0.176. The SMILES string of the molecule is Cc1cc2ccccc2[cH-]1.OCC[c-]1cccc1.[Cl-].[Cl-].[Zr+4]. The quantitative estimate of drug-likeness (QED) is 0.485. The molecule has 0 atom stereocenters. The second-order valence-electron chi connectivity index (χ2n) is 4.43. The molecule has 0 amide bonds. The Labute approximate surface area is 158 Å². The fourth-order valence-electron chi connectivity index (χ4n) is 2.02. The van der Waals surface area contributed by atoms with Crippen LogP contribution >= 0.6 is 0 Å². The average molecular weight is 400 g/mol. The van der Waals surface area contributed by atoms with Crippen LogP contribution in [0.15, 0.2) is 60.7 Å². The van der Waals surface area contributed by atoms with E-state index in [2.05, 4.69) is 43.3 Å². The Kier molecular flexibility index (Phi) is 13.3. The number of halogens is 2. The summed E-state index contributed by atoms with van der Waals surface area (Å²) in [7, 11) is 0. The van der Waals surface area contributed by atoms with Gasteiger partial charge in [-0.3, -0.25) is 0 Å². The molecule has 0 saturated carbocycles. The van der Waals surface area contributed by atoms with Crippen LogP contribution in [0.3, 0.4) is 0 Å². The van der Waals surface area contributed by atoms with E-state index in [1.54, 1.807) is 0 Å². The van der Waals surface area contributed by atoms with Crippen molar-refractivity contribution in [2.45, 2.75) is 13.3 Å². The first kappa shape index (κ1) is 22.9. The van der Waals surface area contributed by atoms with Gasteiger partial charge >= 0.3 is 26.2 Å². The maximum Gasteiger partial charge on any atom is 4.00 e. The molecule has 0 bridgehead atoms. The van der Waals surface area contributed by atoms with Gasteiger partial charge in [0.25, 0.3) is 0 Å². The Hall–Kier alpha value is -0.397. The van der Waals surface area contributed by atoms with Crippen molar-refractivity contribution in [3.63, 3.8) is 0 Å². The molecule has 21 heavy (non-hydrogen) atoms. The molecule has 0 heterocycles. The smallest absolute Gasteiger partial charge is 1.00 e. The summed E-state index contributed by atoms with van der Waals surface area (Å²) < 4.78 is 0. The molecule has 0 aliphatic carbocycles. The zero-order valence-electron chi connectivity index (χ0n) is 11.9. The molecule has 0 fully saturated rings. The molecule has 1 N–H and O–H groups in total. The van der Waals surface area contributed by atoms with Gasteiger partial charge in [-0.25, -0.2) is 12.1 Å². The van der Waals surface area contributed by atoms with Crippen LogP contribution in [0.5, 0.6) is 0 Å². The van der Waals surface area contributed by atoms with Crippen molar-refractivity contribution in [2.75, 3.05) is 6.61 Å². The Bertz CT molecular complexity index is 555. The van der Waals surface area contributed by atoms with Crippen LogP contribution in [-0.2, 0) is 32.6 Å². The summed E-state index contributed by atoms with van der Waals surface area (Å²) in [6, 6.07) is 20.8. The number of benzene rings is 1. The minimum Gasteiger partial charge on any atom is -1.00 e. The van der Waals surface area contributed by atoms with Crippen LogP contribution in [-0.4, -0.2) is 11.7 Å². The van der Waals surface area contributed by atoms with E-state index in [0.29, 0.717) is 0 Å². The van der Waals surface area contributed by atoms with E-state index in [-0.39, 0.29) is 57.6 Å². The molecule has 1 nitrogen and oxygen atoms in total. The van der Waals surface area contributed by atoms with Crippen molar-refractivity contribution >= 4 is 10.8 Å². The molecule has 0 aromatic heterocycles. The molecule has 110 valence electrons. The van der Waals surface area contributed by atoms with Crippen molar-refractivity contribution in [1.29, 1.82) is 0 Å². The van der Waals surface area contributed by atoms with Gasteiger partial charge in [-0.15, -0.1) is 40.6 Å². The van der Waals surface area contributed by atoms with E-state index in [1.165, 1.54) is 21.9 Å². The summed E-state index contributed by atoms with van der Waals surface area (Å²) in [5.41, 5.74) is 2.56. The third kappa shape index (κ3) is 7.42. The summed E-state index contributed by atoms with van der Waals surface area (Å²) in [6.45, 7) is 2.38. The zero-order valence-corrected chi connectivity index (χ0v) is 15.9. The van der Waals surface area contributed by atoms with Gasteiger partial charge in [-0.2, -0.15) is 23.8 Å². The molecule has 3 aromatic rings. The second-order valence-corrected chi connectivity index (χ2v) is 4.43. The van der Waals surface area contributed by atoms with Gasteiger partial charge < -0.3 is 29.9 Å². The van der Waals surface area contributed by atoms with Crippen LogP contribution < -0.4 is 24.8 Å². The number of rotatable bonds is 2. The molecule has 0 spiro atoms. The summed E-state index contributed by atoms with van der Waals surface area (Å²) in [5.74, 6) is 0. The number of aliphatic hydroxyl groups excluding tert-OH is 1. The number of fused-ring (bicyclic) bond motifs is 1. The van der Waals surface area contributed by atoms with E-state index in [1.807, 2.05) is 24.3 Å². The first-order valence-corrected chi connectivity index (χ1v) is 6.23. The molecule has 0 radical (unpaired) electrons. The fourth-order valence-corrected chi connectivity index (χ4v) is 2.02. The Morgan fingerprint density at radius 1 is 1.05 bits per heavy atom. The Morgan fingerprint density at radius 3 is 2.24 bits per heavy atom. The van der Waals surface area contributed by atoms with Crippen LogP contribution in [0.1, 0.15) is 11.1 Å². The summed E-state index contributed by atoms with van der Waals surface area (Å²) in [6.07, 6.45) is 0.785. The summed E-state index contributed by atoms with van der Waals surface area (Å²) in [5, 5.41) is 11.1. The monoisotopic (exact) mass is 398 g/mol. The van der Waals surface area contributed by atoms with Crippen molar-refractivity contribution < 1.29 is 56.1 Å². The van der Waals surface area contributed by atoms with E-state index in [4.69, 9.17) is 5.11 Å². The van der Waals surface area contributed by atoms with Crippen molar-refractivity contribution in [3.8, 4) is 0 Å². The van der Waals surface area contributed by atoms with E-state index >= 15 is 0 Å². The standard InChI is InChI=1S/C10H9.C7H9O.2ClH.Zr/c1-8-6-9-4-2-3-5-10(9)7-8;8-6-5-7-3-1-2-4-7;;;/h2-7H,1H3;1-4,8H,5-6H2;2*1H;/q2*-1;;;+4/p-2. The molecule has 3 aromatic carbocycles. The number of hydrogen-bond acceptors (Lipinski definition) is 1. The summed E-state index contributed by atoms with van der Waals surface area (Å²) >= 11 is 0. The first-order chi connectivity index (χ1) is 8.79. The number of hydrogen-bond donors (Lipinski definition) is 1. The van der Waals surface area contributed by atoms with Gasteiger partial charge in [-0.05, 0) is 0 Å². The molecule has 0 unspecified atom stereocenters. The van der Waals surface area contributed by atoms with Gasteiger partial charge in [0.05, 0.1) is 0 Å². The molecular formula is C17H18Cl2OZr. The van der Waals surface area contributed by atoms with E-state index in [0.717, 1.165) is 6.42 Å². The van der Waals surface area contributed by atoms with Gasteiger partial charge in [0.2, 0.25) is 0 Å². The van der Waals surface area contributed by atoms with E-state index in [9.17, 15) is 0 Å². The van der Waals surface area contributed by atoms with Crippen LogP contribution in [0, 0.1) is 6.92 Å². The normalized spacial score (nSPS) is 8.67. The zero-order chi connectivity index (χ0) is 12.8. The average Bonchev–Trinajstić information content (AvgIpc) is 2.98. The number of aryl methyl sites for hydroxylation is 1. The van der Waals surface area contributed by atoms with Crippen molar-refractivity contribution in [1.82, 2.24) is 0 Å². The largest absolute Gasteiger partial charge is 4.00 e. The summed E-state index contributed by atoms with van der Waals surface area (Å²) in [4.78, 5) is 0. The predicted molar refractivity (Wildman–Crippen MR) is 77.1 cm³/mol. The van der Waals surface area contributed by atoms with Gasteiger partial charge in [0.15, 0.2) is 0 Å². The van der Waals surface area contributed by atoms with Crippen LogP contribution in [0.25, 0.3) is 10.8 Å². The molecule has 0 aliphatic rings. The predicted octanol–water partition coefficient (Wildman–Crippen LogP) is -2.19. The number of aliphatic hydroxyl groups is 1. The molecule has 0 saturated heterocycles. The van der Waals surface area contributed by atoms with Gasteiger partial charge in [-0.1, -0.05) is 19.4 Å². The van der Waals surface area contributed by atoms with Crippen molar-refractivity contribution in [3.05, 3.63) is 71.8 Å². The van der Waals surface area contributed by atoms with E-state index < -0.39 is 0 Å². The topological polar surface area (TPSA) is 20.2 Å². The molecule has 0 aliphatic heterocycles. The molecule has 3 rings (SSSR count). The molecule has 4 heteroatoms. The Morgan fingerprint density at radius 2 is 1.67 bits per heavy atom. The van der Waals surface area contributed by atoms with Gasteiger partial charge in [0.1, 0.15) is 0 Å². The third-order valence-electron chi connectivity index (χ3n) is 2.89. The van der Waals surface area contributed by atoms with Gasteiger partial charge in [0, 0.05) is 6.61 Å². The first-order valence-electron chi connectivity index (χ1n) is 6.23. The minimum absolute atomic E-state index is 0. The second kappa shape index (κ2) is 12.2. The molecular weight excluding hydrogens is 382 g/mol. The maximum absolute atomic E-state index is 8.44.